The van der Waals surface area contributed by atoms with E-state index < -0.39 is 67.2 Å². The van der Waals surface area contributed by atoms with Gasteiger partial charge in [-0.05, 0) is 17.7 Å². The number of carbonyl (C=O) groups is 6. The Balaban J connectivity index is 1.83. The van der Waals surface area contributed by atoms with E-state index in [2.05, 4.69) is 15.0 Å². The molecule has 2 N–H and O–H groups in total. The molecule has 3 heterocycles. The third-order valence-corrected chi connectivity index (χ3v) is 6.38. The molecular formula is C24H31N5O9. The van der Waals surface area contributed by atoms with E-state index >= 15 is 0 Å². The average molecular weight is 534 g/mol. The minimum absolute atomic E-state index is 0.114. The Kier molecular flexibility index (Phi) is 9.71. The fourth-order valence-electron chi connectivity index (χ4n) is 4.59. The van der Waals surface area contributed by atoms with Gasteiger partial charge in [0.2, 0.25) is 11.8 Å². The van der Waals surface area contributed by atoms with Gasteiger partial charge in [-0.2, -0.15) is 0 Å². The number of amides is 3. The second-order valence-corrected chi connectivity index (χ2v) is 8.87. The molecule has 0 bridgehead atoms. The van der Waals surface area contributed by atoms with E-state index in [9.17, 15) is 28.8 Å². The lowest BCUT2D eigenvalue weighted by atomic mass is 10.0. The molecule has 14 heteroatoms. The number of nitrogens with zero attached hydrogens (tertiary/aromatic N) is 4. The third kappa shape index (κ3) is 7.03. The lowest BCUT2D eigenvalue weighted by molar-refractivity contribution is -0.169. The highest BCUT2D eigenvalue weighted by Gasteiger charge is 2.43. The highest BCUT2D eigenvalue weighted by atomic mass is 16.5. The molecule has 206 valence electrons. The van der Waals surface area contributed by atoms with Crippen molar-refractivity contribution in [2.45, 2.75) is 38.0 Å². The highest BCUT2D eigenvalue weighted by Crippen LogP contribution is 2.24. The third-order valence-electron chi connectivity index (χ3n) is 6.38. The molecule has 3 amide bonds. The first kappa shape index (κ1) is 28.5. The SMILES string of the molecule is COC(=O)CC1C(=O)N(CC(=O)O)CCN1C(=O)C(CC(=O)N1CCNCC1c1ccncc1)OC(C)=O. The van der Waals surface area contributed by atoms with Crippen molar-refractivity contribution in [3.63, 3.8) is 0 Å². The quantitative estimate of drug-likeness (QED) is 0.356. The molecule has 1 aromatic heterocycles. The van der Waals surface area contributed by atoms with E-state index in [0.29, 0.717) is 19.6 Å². The summed E-state index contributed by atoms with van der Waals surface area (Å²) in [5.74, 6) is -4.88. The second-order valence-electron chi connectivity index (χ2n) is 8.87. The smallest absolute Gasteiger partial charge is 0.323 e. The minimum Gasteiger partial charge on any atom is -0.480 e. The number of carboxylic acids is 1. The van der Waals surface area contributed by atoms with Crippen molar-refractivity contribution >= 4 is 35.6 Å². The zero-order chi connectivity index (χ0) is 27.8. The molecular weight excluding hydrogens is 502 g/mol. The van der Waals surface area contributed by atoms with Crippen molar-refractivity contribution < 1.29 is 43.3 Å². The molecule has 2 fully saturated rings. The Morgan fingerprint density at radius 2 is 1.84 bits per heavy atom. The van der Waals surface area contributed by atoms with Crippen LogP contribution in [0.2, 0.25) is 0 Å². The average Bonchev–Trinajstić information content (AvgIpc) is 2.90. The van der Waals surface area contributed by atoms with E-state index in [1.54, 1.807) is 29.4 Å². The molecule has 3 atom stereocenters. The summed E-state index contributed by atoms with van der Waals surface area (Å²) in [6, 6.07) is 1.86. The van der Waals surface area contributed by atoms with Crippen LogP contribution in [0.1, 0.15) is 31.4 Å². The summed E-state index contributed by atoms with van der Waals surface area (Å²) in [5.41, 5.74) is 0.842. The number of methoxy groups -OCH3 is 1. The summed E-state index contributed by atoms with van der Waals surface area (Å²) in [6.45, 7) is 1.60. The predicted molar refractivity (Wildman–Crippen MR) is 128 cm³/mol. The van der Waals surface area contributed by atoms with Crippen molar-refractivity contribution in [2.24, 2.45) is 0 Å². The monoisotopic (exact) mass is 533 g/mol. The maximum atomic E-state index is 13.6. The van der Waals surface area contributed by atoms with E-state index in [1.807, 2.05) is 0 Å². The molecule has 38 heavy (non-hydrogen) atoms. The molecule has 14 nitrogen and oxygen atoms in total. The van der Waals surface area contributed by atoms with E-state index in [0.717, 1.165) is 29.4 Å². The molecule has 0 radical (unpaired) electrons. The predicted octanol–water partition coefficient (Wildman–Crippen LogP) is -1.44. The number of aliphatic carboxylic acids is 1. The van der Waals surface area contributed by atoms with Crippen molar-refractivity contribution in [2.75, 3.05) is 46.4 Å². The number of hydrogen-bond acceptors (Lipinski definition) is 10. The van der Waals surface area contributed by atoms with Crippen molar-refractivity contribution in [3.05, 3.63) is 30.1 Å². The van der Waals surface area contributed by atoms with Crippen LogP contribution in [0.3, 0.4) is 0 Å². The number of carboxylic acid groups (broad SMARTS) is 1. The van der Waals surface area contributed by atoms with Gasteiger partial charge in [0.05, 0.1) is 26.0 Å². The van der Waals surface area contributed by atoms with Crippen LogP contribution in [0.25, 0.3) is 0 Å². The molecule has 2 saturated heterocycles. The molecule has 0 aliphatic carbocycles. The number of rotatable bonds is 9. The van der Waals surface area contributed by atoms with Gasteiger partial charge in [0, 0.05) is 52.0 Å². The second kappa shape index (κ2) is 12.9. The minimum atomic E-state index is -1.55. The van der Waals surface area contributed by atoms with Crippen LogP contribution in [-0.4, -0.2) is 119 Å². The van der Waals surface area contributed by atoms with Crippen LogP contribution in [0.15, 0.2) is 24.5 Å². The standard InChI is InChI=1S/C24H31N5O9/c1-15(30)38-19(12-20(31)28-8-7-26-13-18(28)16-3-5-25-6-4-16)24(36)29-10-9-27(14-21(32)33)23(35)17(29)11-22(34)37-2/h3-6,17-19,26H,7-14H2,1-2H3,(H,32,33). The normalized spacial score (nSPS) is 20.5. The Labute approximate surface area is 218 Å². The summed E-state index contributed by atoms with van der Waals surface area (Å²) in [5, 5.41) is 12.3. The summed E-state index contributed by atoms with van der Waals surface area (Å²) in [6.07, 6.45) is 0.668. The fourth-order valence-corrected chi connectivity index (χ4v) is 4.59. The summed E-state index contributed by atoms with van der Waals surface area (Å²) < 4.78 is 9.88. The van der Waals surface area contributed by atoms with E-state index in [1.165, 1.54) is 0 Å². The van der Waals surface area contributed by atoms with E-state index in [-0.39, 0.29) is 19.1 Å². The van der Waals surface area contributed by atoms with Crippen LogP contribution < -0.4 is 5.32 Å². The van der Waals surface area contributed by atoms with Crippen LogP contribution in [0.5, 0.6) is 0 Å². The van der Waals surface area contributed by atoms with Crippen molar-refractivity contribution in [3.8, 4) is 0 Å². The maximum absolute atomic E-state index is 13.6. The molecule has 0 saturated carbocycles. The van der Waals surface area contributed by atoms with Crippen LogP contribution in [-0.2, 0) is 38.2 Å². The Morgan fingerprint density at radius 3 is 2.47 bits per heavy atom. The first-order valence-corrected chi connectivity index (χ1v) is 12.1. The Hall–Kier alpha value is -4.07. The van der Waals surface area contributed by atoms with Crippen LogP contribution in [0.4, 0.5) is 0 Å². The van der Waals surface area contributed by atoms with E-state index in [4.69, 9.17) is 9.84 Å². The van der Waals surface area contributed by atoms with Gasteiger partial charge in [0.25, 0.3) is 5.91 Å². The number of hydrogen-bond donors (Lipinski definition) is 2. The summed E-state index contributed by atoms with van der Waals surface area (Å²) >= 11 is 0. The van der Waals surface area contributed by atoms with Crippen LogP contribution in [0, 0.1) is 0 Å². The molecule has 3 rings (SSSR count). The van der Waals surface area contributed by atoms with Gasteiger partial charge in [0.1, 0.15) is 12.6 Å². The number of ether oxygens (including phenoxy) is 2. The Bertz CT molecular complexity index is 1070. The van der Waals surface area contributed by atoms with Gasteiger partial charge < -0.3 is 34.6 Å². The molecule has 2 aliphatic rings. The lowest BCUT2D eigenvalue weighted by Gasteiger charge is -2.41. The number of nitrogens with one attached hydrogen (secondary N) is 1. The summed E-state index contributed by atoms with van der Waals surface area (Å²) in [7, 11) is 1.11. The van der Waals surface area contributed by atoms with Gasteiger partial charge in [-0.3, -0.25) is 33.8 Å². The molecule has 2 aliphatic heterocycles. The summed E-state index contributed by atoms with van der Waals surface area (Å²) in [4.78, 5) is 82.7. The zero-order valence-corrected chi connectivity index (χ0v) is 21.2. The van der Waals surface area contributed by atoms with Crippen molar-refractivity contribution in [1.29, 1.82) is 0 Å². The molecule has 0 aromatic carbocycles. The maximum Gasteiger partial charge on any atom is 0.323 e. The highest BCUT2D eigenvalue weighted by molar-refractivity contribution is 5.96. The zero-order valence-electron chi connectivity index (χ0n) is 21.2. The largest absolute Gasteiger partial charge is 0.480 e. The molecule has 0 spiro atoms. The Morgan fingerprint density at radius 1 is 1.13 bits per heavy atom. The molecule has 1 aromatic rings. The van der Waals surface area contributed by atoms with Gasteiger partial charge in [-0.15, -0.1) is 0 Å². The molecule has 3 unspecified atom stereocenters. The van der Waals surface area contributed by atoms with Gasteiger partial charge >= 0.3 is 17.9 Å². The van der Waals surface area contributed by atoms with Crippen LogP contribution >= 0.6 is 0 Å². The number of esters is 2. The van der Waals surface area contributed by atoms with Gasteiger partial charge in [-0.25, -0.2) is 0 Å². The van der Waals surface area contributed by atoms with Gasteiger partial charge in [-0.1, -0.05) is 0 Å². The van der Waals surface area contributed by atoms with Crippen molar-refractivity contribution in [1.82, 2.24) is 25.0 Å². The first-order valence-electron chi connectivity index (χ1n) is 12.1. The number of pyridine rings is 1. The van der Waals surface area contributed by atoms with Gasteiger partial charge in [0.15, 0.2) is 6.10 Å². The number of piperazine rings is 2. The number of carbonyl (C=O) groups excluding carboxylic acids is 5. The number of aromatic nitrogens is 1. The lowest BCUT2D eigenvalue weighted by Crippen LogP contribution is -2.62. The topological polar surface area (TPSA) is 176 Å². The first-order chi connectivity index (χ1) is 18.1. The fraction of sp³-hybridized carbons (Fsp3) is 0.542.